The van der Waals surface area contributed by atoms with Gasteiger partial charge in [-0.1, -0.05) is 6.07 Å². The number of nitrogens with one attached hydrogen (secondary N) is 1. The standard InChI is InChI=1S/C19H18INO5/c1-24-16-9-3-13(11-17(16)25-2)4-10-19(23)26-12-18(22)21-15-7-5-14(20)6-8-15/h3-11H,12H2,1-2H3,(H,21,22)/b10-4+. The van der Waals surface area contributed by atoms with Crippen molar-refractivity contribution in [2.24, 2.45) is 0 Å². The van der Waals surface area contributed by atoms with E-state index in [0.717, 1.165) is 9.13 Å². The summed E-state index contributed by atoms with van der Waals surface area (Å²) in [5.41, 5.74) is 1.38. The Labute approximate surface area is 165 Å². The first kappa shape index (κ1) is 19.8. The molecule has 0 spiro atoms. The number of methoxy groups -OCH3 is 2. The highest BCUT2D eigenvalue weighted by Crippen LogP contribution is 2.27. The third-order valence-corrected chi connectivity index (χ3v) is 4.01. The molecule has 7 heteroatoms. The first-order chi connectivity index (χ1) is 12.5. The molecule has 0 fully saturated rings. The highest BCUT2D eigenvalue weighted by atomic mass is 127. The molecule has 0 aliphatic heterocycles. The van der Waals surface area contributed by atoms with Crippen LogP contribution in [0.5, 0.6) is 11.5 Å². The molecule has 1 amide bonds. The molecule has 26 heavy (non-hydrogen) atoms. The highest BCUT2D eigenvalue weighted by Gasteiger charge is 2.06. The Morgan fingerprint density at radius 1 is 1.04 bits per heavy atom. The van der Waals surface area contributed by atoms with Crippen LogP contribution in [-0.2, 0) is 14.3 Å². The van der Waals surface area contributed by atoms with Gasteiger partial charge in [-0.15, -0.1) is 0 Å². The Morgan fingerprint density at radius 3 is 2.38 bits per heavy atom. The molecule has 0 bridgehead atoms. The average molecular weight is 467 g/mol. The van der Waals surface area contributed by atoms with Gasteiger partial charge in [-0.2, -0.15) is 0 Å². The van der Waals surface area contributed by atoms with Gasteiger partial charge in [0.2, 0.25) is 0 Å². The Kier molecular flexibility index (Phi) is 7.46. The lowest BCUT2D eigenvalue weighted by Crippen LogP contribution is -2.20. The molecule has 0 aliphatic carbocycles. The van der Waals surface area contributed by atoms with Crippen LogP contribution in [0, 0.1) is 3.57 Å². The van der Waals surface area contributed by atoms with Gasteiger partial charge in [-0.05, 0) is 70.6 Å². The lowest BCUT2D eigenvalue weighted by molar-refractivity contribution is -0.142. The van der Waals surface area contributed by atoms with Crippen LogP contribution < -0.4 is 14.8 Å². The third kappa shape index (κ3) is 6.07. The van der Waals surface area contributed by atoms with Gasteiger partial charge in [0.25, 0.3) is 5.91 Å². The Hall–Kier alpha value is -2.55. The number of carbonyl (C=O) groups is 2. The zero-order valence-electron chi connectivity index (χ0n) is 14.3. The van der Waals surface area contributed by atoms with Crippen LogP contribution in [0.1, 0.15) is 5.56 Å². The van der Waals surface area contributed by atoms with E-state index in [1.165, 1.54) is 13.2 Å². The smallest absolute Gasteiger partial charge is 0.331 e. The van der Waals surface area contributed by atoms with Crippen LogP contribution in [0.4, 0.5) is 5.69 Å². The van der Waals surface area contributed by atoms with Crippen molar-refractivity contribution in [3.63, 3.8) is 0 Å². The zero-order chi connectivity index (χ0) is 18.9. The second kappa shape index (κ2) is 9.81. The number of amides is 1. The maximum atomic E-state index is 11.8. The third-order valence-electron chi connectivity index (χ3n) is 3.29. The minimum atomic E-state index is -0.613. The van der Waals surface area contributed by atoms with Gasteiger partial charge in [0.05, 0.1) is 14.2 Å². The molecule has 0 aliphatic rings. The Bertz CT molecular complexity index is 802. The number of esters is 1. The monoisotopic (exact) mass is 467 g/mol. The van der Waals surface area contributed by atoms with Gasteiger partial charge in [-0.3, -0.25) is 4.79 Å². The number of ether oxygens (including phenoxy) is 3. The molecule has 2 rings (SSSR count). The van der Waals surface area contributed by atoms with Gasteiger partial charge in [0.15, 0.2) is 18.1 Å². The minimum absolute atomic E-state index is 0.360. The van der Waals surface area contributed by atoms with E-state index in [1.54, 1.807) is 43.5 Å². The van der Waals surface area contributed by atoms with Crippen molar-refractivity contribution in [1.29, 1.82) is 0 Å². The molecular weight excluding hydrogens is 449 g/mol. The van der Waals surface area contributed by atoms with Gasteiger partial charge in [0, 0.05) is 15.3 Å². The molecule has 6 nitrogen and oxygen atoms in total. The number of anilines is 1. The summed E-state index contributed by atoms with van der Waals surface area (Å²) in [4.78, 5) is 23.5. The number of rotatable bonds is 7. The summed E-state index contributed by atoms with van der Waals surface area (Å²) in [6, 6.07) is 12.5. The highest BCUT2D eigenvalue weighted by molar-refractivity contribution is 14.1. The molecular formula is C19H18INO5. The van der Waals surface area contributed by atoms with Crippen LogP contribution in [0.15, 0.2) is 48.5 Å². The van der Waals surface area contributed by atoms with Crippen molar-refractivity contribution in [2.75, 3.05) is 26.1 Å². The molecule has 136 valence electrons. The van der Waals surface area contributed by atoms with Gasteiger partial charge >= 0.3 is 5.97 Å². The van der Waals surface area contributed by atoms with Crippen LogP contribution in [0.2, 0.25) is 0 Å². The van der Waals surface area contributed by atoms with Gasteiger partial charge < -0.3 is 19.5 Å². The van der Waals surface area contributed by atoms with Crippen molar-refractivity contribution in [3.05, 3.63) is 57.7 Å². The van der Waals surface area contributed by atoms with E-state index >= 15 is 0 Å². The normalized spacial score (nSPS) is 10.4. The van der Waals surface area contributed by atoms with E-state index in [-0.39, 0.29) is 6.61 Å². The lowest BCUT2D eigenvalue weighted by Gasteiger charge is -2.07. The van der Waals surface area contributed by atoms with E-state index in [4.69, 9.17) is 14.2 Å². The summed E-state index contributed by atoms with van der Waals surface area (Å²) in [7, 11) is 3.08. The SMILES string of the molecule is COc1ccc(/C=C/C(=O)OCC(=O)Nc2ccc(I)cc2)cc1OC. The molecule has 0 radical (unpaired) electrons. The number of halogens is 1. The van der Waals surface area contributed by atoms with Gasteiger partial charge in [0.1, 0.15) is 0 Å². The summed E-state index contributed by atoms with van der Waals surface area (Å²) < 4.78 is 16.3. The molecule has 2 aromatic carbocycles. The van der Waals surface area contributed by atoms with Crippen LogP contribution in [0.25, 0.3) is 6.08 Å². The van der Waals surface area contributed by atoms with E-state index in [2.05, 4.69) is 27.9 Å². The van der Waals surface area contributed by atoms with Crippen molar-refractivity contribution in [3.8, 4) is 11.5 Å². The van der Waals surface area contributed by atoms with Crippen molar-refractivity contribution < 1.29 is 23.8 Å². The molecule has 0 atom stereocenters. The maximum absolute atomic E-state index is 11.8. The Balaban J connectivity index is 1.85. The largest absolute Gasteiger partial charge is 0.493 e. The topological polar surface area (TPSA) is 73.9 Å². The molecule has 1 N–H and O–H groups in total. The predicted molar refractivity (Wildman–Crippen MR) is 107 cm³/mol. The second-order valence-corrected chi connectivity index (χ2v) is 6.36. The van der Waals surface area contributed by atoms with E-state index < -0.39 is 11.9 Å². The van der Waals surface area contributed by atoms with Crippen molar-refractivity contribution >= 4 is 46.2 Å². The molecule has 2 aromatic rings. The summed E-state index contributed by atoms with van der Waals surface area (Å²) in [5, 5.41) is 2.65. The minimum Gasteiger partial charge on any atom is -0.493 e. The van der Waals surface area contributed by atoms with Crippen LogP contribution in [-0.4, -0.2) is 32.7 Å². The quantitative estimate of drug-likeness (QED) is 0.384. The van der Waals surface area contributed by atoms with Crippen LogP contribution in [0.3, 0.4) is 0 Å². The van der Waals surface area contributed by atoms with E-state index in [0.29, 0.717) is 17.2 Å². The van der Waals surface area contributed by atoms with E-state index in [1.807, 2.05) is 12.1 Å². The number of hydrogen-bond acceptors (Lipinski definition) is 5. The first-order valence-corrected chi connectivity index (χ1v) is 8.72. The fourth-order valence-electron chi connectivity index (χ4n) is 2.04. The van der Waals surface area contributed by atoms with Crippen molar-refractivity contribution in [2.45, 2.75) is 0 Å². The van der Waals surface area contributed by atoms with Crippen LogP contribution >= 0.6 is 22.6 Å². The summed E-state index contributed by atoms with van der Waals surface area (Å²) >= 11 is 2.17. The van der Waals surface area contributed by atoms with Gasteiger partial charge in [-0.25, -0.2) is 4.79 Å². The molecule has 0 unspecified atom stereocenters. The first-order valence-electron chi connectivity index (χ1n) is 7.64. The number of carbonyl (C=O) groups excluding carboxylic acids is 2. The zero-order valence-corrected chi connectivity index (χ0v) is 16.5. The fraction of sp³-hybridized carbons (Fsp3) is 0.158. The lowest BCUT2D eigenvalue weighted by atomic mass is 10.2. The Morgan fingerprint density at radius 2 is 1.73 bits per heavy atom. The summed E-state index contributed by atoms with van der Waals surface area (Å²) in [5.74, 6) is 0.135. The number of hydrogen-bond donors (Lipinski definition) is 1. The van der Waals surface area contributed by atoms with E-state index in [9.17, 15) is 9.59 Å². The second-order valence-electron chi connectivity index (χ2n) is 5.11. The number of benzene rings is 2. The molecule has 0 heterocycles. The molecule has 0 saturated carbocycles. The maximum Gasteiger partial charge on any atom is 0.331 e. The molecule has 0 saturated heterocycles. The summed E-state index contributed by atoms with van der Waals surface area (Å²) in [6.07, 6.45) is 2.82. The predicted octanol–water partition coefficient (Wildman–Crippen LogP) is 3.50. The fourth-order valence-corrected chi connectivity index (χ4v) is 2.40. The summed E-state index contributed by atoms with van der Waals surface area (Å²) in [6.45, 7) is -0.360. The van der Waals surface area contributed by atoms with Crippen molar-refractivity contribution in [1.82, 2.24) is 0 Å². The molecule has 0 aromatic heterocycles. The average Bonchev–Trinajstić information content (AvgIpc) is 2.66.